The highest BCUT2D eigenvalue weighted by molar-refractivity contribution is 5.79. The summed E-state index contributed by atoms with van der Waals surface area (Å²) >= 11 is 0. The van der Waals surface area contributed by atoms with E-state index in [9.17, 15) is 4.79 Å². The molecule has 2 aromatic rings. The largest absolute Gasteiger partial charge is 0.444 e. The van der Waals surface area contributed by atoms with Gasteiger partial charge < -0.3 is 15.4 Å². The van der Waals surface area contributed by atoms with Crippen molar-refractivity contribution in [2.45, 2.75) is 39.8 Å². The number of carbonyl (C=O) groups is 1. The van der Waals surface area contributed by atoms with E-state index in [1.165, 1.54) is 5.56 Å². The van der Waals surface area contributed by atoms with Crippen LogP contribution in [0.4, 0.5) is 4.79 Å². The Morgan fingerprint density at radius 3 is 2.68 bits per heavy atom. The fourth-order valence-corrected chi connectivity index (χ4v) is 2.31. The molecule has 0 saturated heterocycles. The summed E-state index contributed by atoms with van der Waals surface area (Å²) in [6.07, 6.45) is 3.50. The first-order valence-corrected chi connectivity index (χ1v) is 8.52. The van der Waals surface area contributed by atoms with E-state index >= 15 is 0 Å². The zero-order valence-corrected chi connectivity index (χ0v) is 15.4. The summed E-state index contributed by atoms with van der Waals surface area (Å²) < 4.78 is 5.16. The Kier molecular flexibility index (Phi) is 6.53. The third-order valence-electron chi connectivity index (χ3n) is 3.41. The maximum absolute atomic E-state index is 11.5. The second-order valence-corrected chi connectivity index (χ2v) is 6.96. The highest BCUT2D eigenvalue weighted by atomic mass is 16.6. The maximum Gasteiger partial charge on any atom is 0.407 e. The summed E-state index contributed by atoms with van der Waals surface area (Å²) in [5, 5.41) is 7.20. The molecule has 0 aliphatic heterocycles. The van der Waals surface area contributed by atoms with Gasteiger partial charge in [0.05, 0.1) is 5.52 Å². The van der Waals surface area contributed by atoms with Crippen LogP contribution < -0.4 is 10.6 Å². The van der Waals surface area contributed by atoms with Gasteiger partial charge in [-0.05, 0) is 51.5 Å². The number of nitrogens with zero attached hydrogens (tertiary/aromatic N) is 1. The highest BCUT2D eigenvalue weighted by Crippen LogP contribution is 2.14. The van der Waals surface area contributed by atoms with Crippen molar-refractivity contribution in [2.24, 2.45) is 0 Å². The van der Waals surface area contributed by atoms with Gasteiger partial charge in [0.2, 0.25) is 0 Å². The number of benzene rings is 1. The Hall–Kier alpha value is -2.40. The maximum atomic E-state index is 11.5. The van der Waals surface area contributed by atoms with Crippen LogP contribution >= 0.6 is 0 Å². The van der Waals surface area contributed by atoms with Crippen molar-refractivity contribution in [2.75, 3.05) is 13.1 Å². The van der Waals surface area contributed by atoms with Gasteiger partial charge in [-0.3, -0.25) is 4.98 Å². The molecule has 0 saturated carbocycles. The first-order valence-electron chi connectivity index (χ1n) is 8.52. The van der Waals surface area contributed by atoms with E-state index < -0.39 is 11.7 Å². The number of aromatic nitrogens is 1. The van der Waals surface area contributed by atoms with Crippen molar-refractivity contribution < 1.29 is 9.53 Å². The van der Waals surface area contributed by atoms with Crippen molar-refractivity contribution in [3.8, 4) is 0 Å². The number of hydrogen-bond acceptors (Lipinski definition) is 4. The highest BCUT2D eigenvalue weighted by Gasteiger charge is 2.14. The lowest BCUT2D eigenvalue weighted by atomic mass is 10.1. The Morgan fingerprint density at radius 1 is 1.16 bits per heavy atom. The SMILES string of the molecule is Cc1ccc2cc(CNC/C=C/CNC(=O)OC(C)(C)C)ccc2n1. The van der Waals surface area contributed by atoms with Crippen LogP contribution in [0, 0.1) is 6.92 Å². The number of ether oxygens (including phenoxy) is 1. The van der Waals surface area contributed by atoms with Crippen LogP contribution in [0.2, 0.25) is 0 Å². The third-order valence-corrected chi connectivity index (χ3v) is 3.41. The molecule has 1 aromatic heterocycles. The third kappa shape index (κ3) is 6.93. The molecule has 1 heterocycles. The molecule has 0 radical (unpaired) electrons. The normalized spacial score (nSPS) is 11.8. The molecule has 0 aliphatic carbocycles. The summed E-state index contributed by atoms with van der Waals surface area (Å²) in [6, 6.07) is 10.4. The molecule has 0 spiro atoms. The summed E-state index contributed by atoms with van der Waals surface area (Å²) in [4.78, 5) is 16.0. The minimum absolute atomic E-state index is 0.398. The average Bonchev–Trinajstić information content (AvgIpc) is 2.52. The molecule has 2 rings (SSSR count). The standard InChI is InChI=1S/C20H27N3O2/c1-15-7-9-17-13-16(8-10-18(17)23-15)14-21-11-5-6-12-22-19(24)25-20(2,3)4/h5-10,13,21H,11-12,14H2,1-4H3,(H,22,24)/b6-5+. The Balaban J connectivity index is 1.69. The van der Waals surface area contributed by atoms with Crippen molar-refractivity contribution in [3.05, 3.63) is 53.7 Å². The molecule has 0 bridgehead atoms. The minimum atomic E-state index is -0.469. The molecule has 0 aliphatic rings. The van der Waals surface area contributed by atoms with E-state index in [-0.39, 0.29) is 0 Å². The van der Waals surface area contributed by atoms with Gasteiger partial charge in [0.25, 0.3) is 0 Å². The first kappa shape index (κ1) is 18.9. The average molecular weight is 341 g/mol. The van der Waals surface area contributed by atoms with Gasteiger partial charge >= 0.3 is 6.09 Å². The van der Waals surface area contributed by atoms with Gasteiger partial charge in [-0.25, -0.2) is 4.79 Å². The van der Waals surface area contributed by atoms with Gasteiger partial charge in [0.15, 0.2) is 0 Å². The van der Waals surface area contributed by atoms with Crippen LogP contribution in [-0.2, 0) is 11.3 Å². The number of alkyl carbamates (subject to hydrolysis) is 1. The van der Waals surface area contributed by atoms with Crippen molar-refractivity contribution in [1.29, 1.82) is 0 Å². The summed E-state index contributed by atoms with van der Waals surface area (Å²) in [7, 11) is 0. The van der Waals surface area contributed by atoms with E-state index in [4.69, 9.17) is 4.74 Å². The summed E-state index contributed by atoms with van der Waals surface area (Å²) in [5.41, 5.74) is 2.81. The molecule has 5 nitrogen and oxygen atoms in total. The number of carbonyl (C=O) groups excluding carboxylic acids is 1. The van der Waals surface area contributed by atoms with Crippen molar-refractivity contribution >= 4 is 17.0 Å². The molecule has 2 N–H and O–H groups in total. The number of fused-ring (bicyclic) bond motifs is 1. The smallest absolute Gasteiger partial charge is 0.407 e. The van der Waals surface area contributed by atoms with Crippen LogP contribution in [-0.4, -0.2) is 29.8 Å². The molecule has 1 aromatic carbocycles. The second-order valence-electron chi connectivity index (χ2n) is 6.96. The van der Waals surface area contributed by atoms with Gasteiger partial charge in [0, 0.05) is 30.7 Å². The number of amides is 1. The monoisotopic (exact) mass is 341 g/mol. The lowest BCUT2D eigenvalue weighted by Crippen LogP contribution is -2.32. The van der Waals surface area contributed by atoms with E-state index in [0.29, 0.717) is 6.54 Å². The lowest BCUT2D eigenvalue weighted by molar-refractivity contribution is 0.0534. The van der Waals surface area contributed by atoms with E-state index in [2.05, 4.69) is 39.9 Å². The molecular weight excluding hydrogens is 314 g/mol. The minimum Gasteiger partial charge on any atom is -0.444 e. The molecular formula is C20H27N3O2. The Bertz CT molecular complexity index is 748. The van der Waals surface area contributed by atoms with Crippen LogP contribution in [0.25, 0.3) is 10.9 Å². The number of nitrogens with one attached hydrogen (secondary N) is 2. The summed E-state index contributed by atoms with van der Waals surface area (Å²) in [5.74, 6) is 0. The van der Waals surface area contributed by atoms with Gasteiger partial charge in [0.1, 0.15) is 5.60 Å². The fraction of sp³-hybridized carbons (Fsp3) is 0.400. The molecule has 1 amide bonds. The second kappa shape index (κ2) is 8.62. The van der Waals surface area contributed by atoms with E-state index in [0.717, 1.165) is 29.7 Å². The van der Waals surface area contributed by atoms with Gasteiger partial charge in [-0.2, -0.15) is 0 Å². The molecule has 0 unspecified atom stereocenters. The van der Waals surface area contributed by atoms with E-state index in [1.807, 2.05) is 45.9 Å². The zero-order chi connectivity index (χ0) is 18.3. The predicted octanol–water partition coefficient (Wildman–Crippen LogP) is 3.71. The van der Waals surface area contributed by atoms with Crippen LogP contribution in [0.3, 0.4) is 0 Å². The van der Waals surface area contributed by atoms with Crippen molar-refractivity contribution in [1.82, 2.24) is 15.6 Å². The number of hydrogen-bond donors (Lipinski definition) is 2. The molecule has 25 heavy (non-hydrogen) atoms. The Morgan fingerprint density at radius 2 is 1.92 bits per heavy atom. The topological polar surface area (TPSA) is 63.2 Å². The van der Waals surface area contributed by atoms with Crippen molar-refractivity contribution in [3.63, 3.8) is 0 Å². The number of aryl methyl sites for hydroxylation is 1. The quantitative estimate of drug-likeness (QED) is 0.621. The number of rotatable bonds is 6. The number of pyridine rings is 1. The molecule has 0 fully saturated rings. The zero-order valence-electron chi connectivity index (χ0n) is 15.4. The molecule has 5 heteroatoms. The molecule has 0 atom stereocenters. The van der Waals surface area contributed by atoms with Gasteiger partial charge in [-0.15, -0.1) is 0 Å². The Labute approximate surface area is 149 Å². The van der Waals surface area contributed by atoms with Crippen LogP contribution in [0.5, 0.6) is 0 Å². The first-order chi connectivity index (χ1) is 11.8. The van der Waals surface area contributed by atoms with Gasteiger partial charge in [-0.1, -0.05) is 24.3 Å². The van der Waals surface area contributed by atoms with Crippen LogP contribution in [0.15, 0.2) is 42.5 Å². The summed E-state index contributed by atoms with van der Waals surface area (Å²) in [6.45, 7) is 9.51. The predicted molar refractivity (Wildman–Crippen MR) is 102 cm³/mol. The fourth-order valence-electron chi connectivity index (χ4n) is 2.31. The molecule has 134 valence electrons. The van der Waals surface area contributed by atoms with Crippen LogP contribution in [0.1, 0.15) is 32.0 Å². The lowest BCUT2D eigenvalue weighted by Gasteiger charge is -2.19. The van der Waals surface area contributed by atoms with E-state index in [1.54, 1.807) is 0 Å².